The second-order valence-corrected chi connectivity index (χ2v) is 8.88. The Labute approximate surface area is 180 Å². The third-order valence-corrected chi connectivity index (χ3v) is 5.59. The minimum absolute atomic E-state index is 0.0901. The van der Waals surface area contributed by atoms with E-state index < -0.39 is 11.7 Å². The van der Waals surface area contributed by atoms with Crippen LogP contribution in [0.5, 0.6) is 0 Å². The van der Waals surface area contributed by atoms with E-state index in [1.807, 2.05) is 27.0 Å². The van der Waals surface area contributed by atoms with E-state index >= 15 is 0 Å². The number of halogens is 2. The monoisotopic (exact) mass is 480 g/mol. The lowest BCUT2D eigenvalue weighted by molar-refractivity contribution is -0.116. The van der Waals surface area contributed by atoms with E-state index in [0.717, 1.165) is 5.69 Å². The van der Waals surface area contributed by atoms with Gasteiger partial charge >= 0.3 is 0 Å². The Balaban J connectivity index is 1.99. The molecule has 2 heterocycles. The molecule has 2 aromatic heterocycles. The van der Waals surface area contributed by atoms with Crippen LogP contribution in [-0.4, -0.2) is 26.3 Å². The summed E-state index contributed by atoms with van der Waals surface area (Å²) in [5, 5.41) is 3.22. The first-order valence-corrected chi connectivity index (χ1v) is 11.1. The van der Waals surface area contributed by atoms with Gasteiger partial charge in [0.2, 0.25) is 5.91 Å². The Bertz CT molecular complexity index is 1140. The highest BCUT2D eigenvalue weighted by molar-refractivity contribution is 9.10. The average Bonchev–Trinajstić information content (AvgIpc) is 2.95. The number of anilines is 1. The van der Waals surface area contributed by atoms with E-state index in [1.54, 1.807) is 21.3 Å². The molecule has 154 valence electrons. The minimum Gasteiger partial charge on any atom is -0.330 e. The SMILES string of the molecule is CSc1nc2cc(C)n(CC(=O)Nc3ccc(Br)cc3F)c2c(=O)n1CC(C)C. The molecular weight excluding hydrogens is 459 g/mol. The van der Waals surface area contributed by atoms with Crippen LogP contribution >= 0.6 is 27.7 Å². The maximum Gasteiger partial charge on any atom is 0.278 e. The van der Waals surface area contributed by atoms with Crippen LogP contribution in [0.4, 0.5) is 10.1 Å². The molecular formula is C20H22BrFN4O2S. The van der Waals surface area contributed by atoms with E-state index in [0.29, 0.717) is 27.2 Å². The van der Waals surface area contributed by atoms with Crippen molar-refractivity contribution in [1.82, 2.24) is 14.1 Å². The number of hydrogen-bond donors (Lipinski definition) is 1. The van der Waals surface area contributed by atoms with Crippen molar-refractivity contribution in [3.05, 3.63) is 50.6 Å². The van der Waals surface area contributed by atoms with Crippen molar-refractivity contribution in [1.29, 1.82) is 0 Å². The zero-order chi connectivity index (χ0) is 21.3. The van der Waals surface area contributed by atoms with Gasteiger partial charge in [-0.15, -0.1) is 0 Å². The van der Waals surface area contributed by atoms with Gasteiger partial charge in [-0.2, -0.15) is 0 Å². The normalized spacial score (nSPS) is 11.4. The summed E-state index contributed by atoms with van der Waals surface area (Å²) in [5.41, 5.74) is 1.59. The molecule has 0 atom stereocenters. The van der Waals surface area contributed by atoms with E-state index in [4.69, 9.17) is 0 Å². The minimum atomic E-state index is -0.535. The summed E-state index contributed by atoms with van der Waals surface area (Å²) in [4.78, 5) is 30.4. The molecule has 0 spiro atoms. The largest absolute Gasteiger partial charge is 0.330 e. The molecule has 3 aromatic rings. The highest BCUT2D eigenvalue weighted by Gasteiger charge is 2.19. The van der Waals surface area contributed by atoms with Crippen molar-refractivity contribution in [2.24, 2.45) is 5.92 Å². The average molecular weight is 481 g/mol. The zero-order valence-corrected chi connectivity index (χ0v) is 19.0. The Morgan fingerprint density at radius 2 is 2.03 bits per heavy atom. The Hall–Kier alpha value is -2.13. The molecule has 0 aliphatic heterocycles. The molecule has 0 radical (unpaired) electrons. The molecule has 1 amide bonds. The lowest BCUT2D eigenvalue weighted by Gasteiger charge is -2.14. The van der Waals surface area contributed by atoms with Crippen LogP contribution in [0.3, 0.4) is 0 Å². The Morgan fingerprint density at radius 3 is 2.66 bits per heavy atom. The molecule has 0 bridgehead atoms. The third-order valence-electron chi connectivity index (χ3n) is 4.42. The number of aryl methyl sites for hydroxylation is 1. The van der Waals surface area contributed by atoms with Crippen LogP contribution < -0.4 is 10.9 Å². The van der Waals surface area contributed by atoms with Crippen molar-refractivity contribution < 1.29 is 9.18 Å². The van der Waals surface area contributed by atoms with Crippen molar-refractivity contribution in [2.75, 3.05) is 11.6 Å². The number of nitrogens with one attached hydrogen (secondary N) is 1. The molecule has 6 nitrogen and oxygen atoms in total. The van der Waals surface area contributed by atoms with Crippen LogP contribution in [0.2, 0.25) is 0 Å². The number of hydrogen-bond acceptors (Lipinski definition) is 4. The van der Waals surface area contributed by atoms with Gasteiger partial charge < -0.3 is 9.88 Å². The van der Waals surface area contributed by atoms with Crippen molar-refractivity contribution in [3.8, 4) is 0 Å². The van der Waals surface area contributed by atoms with Crippen LogP contribution in [0.15, 0.2) is 38.7 Å². The second-order valence-electron chi connectivity index (χ2n) is 7.19. The summed E-state index contributed by atoms with van der Waals surface area (Å²) in [6, 6.07) is 6.21. The van der Waals surface area contributed by atoms with Crippen molar-refractivity contribution >= 4 is 50.3 Å². The first-order chi connectivity index (χ1) is 13.7. The molecule has 0 aliphatic rings. The standard InChI is InChI=1S/C20H22BrFN4O2S/c1-11(2)9-26-19(28)18-16(24-20(26)29-4)7-12(3)25(18)10-17(27)23-15-6-5-13(21)8-14(15)22/h5-8,11H,9-10H2,1-4H3,(H,23,27). The number of carbonyl (C=O) groups is 1. The maximum atomic E-state index is 14.0. The fraction of sp³-hybridized carbons (Fsp3) is 0.350. The maximum absolute atomic E-state index is 14.0. The van der Waals surface area contributed by atoms with Gasteiger partial charge in [-0.05, 0) is 43.4 Å². The predicted octanol–water partition coefficient (Wildman–Crippen LogP) is 4.42. The number of thioether (sulfide) groups is 1. The van der Waals surface area contributed by atoms with E-state index in [-0.39, 0.29) is 23.7 Å². The van der Waals surface area contributed by atoms with E-state index in [9.17, 15) is 14.0 Å². The number of carbonyl (C=O) groups excluding carboxylic acids is 1. The Morgan fingerprint density at radius 1 is 1.31 bits per heavy atom. The molecule has 29 heavy (non-hydrogen) atoms. The lowest BCUT2D eigenvalue weighted by Crippen LogP contribution is -2.28. The summed E-state index contributed by atoms with van der Waals surface area (Å²) < 4.78 is 17.9. The van der Waals surface area contributed by atoms with Gasteiger partial charge in [0.15, 0.2) is 5.16 Å². The predicted molar refractivity (Wildman–Crippen MR) is 118 cm³/mol. The summed E-state index contributed by atoms with van der Waals surface area (Å²) in [6.07, 6.45) is 1.88. The van der Waals surface area contributed by atoms with Gasteiger partial charge in [-0.25, -0.2) is 9.37 Å². The van der Waals surface area contributed by atoms with Crippen molar-refractivity contribution in [2.45, 2.75) is 39.0 Å². The molecule has 0 unspecified atom stereocenters. The van der Waals surface area contributed by atoms with Gasteiger partial charge in [0.05, 0.1) is 11.2 Å². The molecule has 9 heteroatoms. The van der Waals surface area contributed by atoms with Crippen LogP contribution in [0.1, 0.15) is 19.5 Å². The third kappa shape index (κ3) is 4.56. The number of rotatable bonds is 6. The number of aromatic nitrogens is 3. The Kier molecular flexibility index (Phi) is 6.48. The van der Waals surface area contributed by atoms with Gasteiger partial charge in [-0.3, -0.25) is 14.2 Å². The molecule has 0 saturated carbocycles. The quantitative estimate of drug-likeness (QED) is 0.418. The second kappa shape index (κ2) is 8.71. The first-order valence-electron chi connectivity index (χ1n) is 9.10. The number of nitrogens with zero attached hydrogens (tertiary/aromatic N) is 3. The molecule has 1 N–H and O–H groups in total. The van der Waals surface area contributed by atoms with Crippen LogP contribution in [0.25, 0.3) is 11.0 Å². The molecule has 1 aromatic carbocycles. The van der Waals surface area contributed by atoms with Gasteiger partial charge in [0.25, 0.3) is 5.56 Å². The summed E-state index contributed by atoms with van der Waals surface area (Å²) in [6.45, 7) is 6.32. The number of benzene rings is 1. The first kappa shape index (κ1) is 21.6. The zero-order valence-electron chi connectivity index (χ0n) is 16.6. The highest BCUT2D eigenvalue weighted by atomic mass is 79.9. The lowest BCUT2D eigenvalue weighted by atomic mass is 10.2. The molecule has 0 saturated heterocycles. The number of amides is 1. The molecule has 3 rings (SSSR count). The fourth-order valence-electron chi connectivity index (χ4n) is 3.16. The van der Waals surface area contributed by atoms with Gasteiger partial charge in [0, 0.05) is 16.7 Å². The highest BCUT2D eigenvalue weighted by Crippen LogP contribution is 2.22. The summed E-state index contributed by atoms with van der Waals surface area (Å²) in [7, 11) is 0. The topological polar surface area (TPSA) is 68.9 Å². The van der Waals surface area contributed by atoms with Crippen LogP contribution in [-0.2, 0) is 17.9 Å². The van der Waals surface area contributed by atoms with E-state index in [1.165, 1.54) is 23.9 Å². The van der Waals surface area contributed by atoms with Gasteiger partial charge in [0.1, 0.15) is 17.9 Å². The van der Waals surface area contributed by atoms with Gasteiger partial charge in [-0.1, -0.05) is 41.5 Å². The summed E-state index contributed by atoms with van der Waals surface area (Å²) >= 11 is 4.61. The van der Waals surface area contributed by atoms with Crippen molar-refractivity contribution in [3.63, 3.8) is 0 Å². The van der Waals surface area contributed by atoms with E-state index in [2.05, 4.69) is 26.2 Å². The molecule has 0 fully saturated rings. The smallest absolute Gasteiger partial charge is 0.278 e. The molecule has 0 aliphatic carbocycles. The fourth-order valence-corrected chi connectivity index (χ4v) is 4.06. The summed E-state index contributed by atoms with van der Waals surface area (Å²) in [5.74, 6) is -0.686. The number of fused-ring (bicyclic) bond motifs is 1. The van der Waals surface area contributed by atoms with Crippen LogP contribution in [0, 0.1) is 18.7 Å².